The molecule has 1 amide bonds. The molecule has 0 radical (unpaired) electrons. The number of fused-ring (bicyclic) bond motifs is 1. The second-order valence-corrected chi connectivity index (χ2v) is 13.6. The lowest BCUT2D eigenvalue weighted by atomic mass is 9.79. The fourth-order valence-corrected chi connectivity index (χ4v) is 8.52. The lowest BCUT2D eigenvalue weighted by Gasteiger charge is -2.32. The van der Waals surface area contributed by atoms with E-state index in [-0.39, 0.29) is 12.5 Å². The number of hydrogen-bond acceptors (Lipinski definition) is 6. The molecule has 0 aromatic rings. The van der Waals surface area contributed by atoms with Crippen LogP contribution in [0.2, 0.25) is 0 Å². The third-order valence-electron chi connectivity index (χ3n) is 10.9. The zero-order valence-corrected chi connectivity index (χ0v) is 24.3. The largest absolute Gasteiger partial charge is 0.396 e. The first-order valence-electron chi connectivity index (χ1n) is 16.4. The summed E-state index contributed by atoms with van der Waals surface area (Å²) in [6.07, 6.45) is 21.5. The predicted molar refractivity (Wildman–Crippen MR) is 154 cm³/mol. The third kappa shape index (κ3) is 7.45. The molecule has 5 aliphatic rings. The van der Waals surface area contributed by atoms with Gasteiger partial charge in [0.1, 0.15) is 12.1 Å². The summed E-state index contributed by atoms with van der Waals surface area (Å²) in [7, 11) is 0. The lowest BCUT2D eigenvalue weighted by molar-refractivity contribution is -0.193. The molecule has 222 valence electrons. The minimum absolute atomic E-state index is 0.0625. The van der Waals surface area contributed by atoms with Crippen LogP contribution in [-0.4, -0.2) is 71.7 Å². The molecule has 4 unspecified atom stereocenters. The van der Waals surface area contributed by atoms with Crippen molar-refractivity contribution in [1.82, 2.24) is 15.7 Å². The predicted octanol–water partition coefficient (Wildman–Crippen LogP) is 4.19. The molecule has 5 fully saturated rings. The molecule has 3 aliphatic carbocycles. The fraction of sp³-hybridized carbons (Fsp3) is 0.906. The Morgan fingerprint density at radius 1 is 1.00 bits per heavy atom. The normalized spacial score (nSPS) is 39.2. The molecule has 0 aromatic carbocycles. The van der Waals surface area contributed by atoms with Crippen molar-refractivity contribution in [3.8, 4) is 0 Å². The molecule has 3 saturated carbocycles. The second-order valence-electron chi connectivity index (χ2n) is 13.6. The van der Waals surface area contributed by atoms with Crippen molar-refractivity contribution in [1.29, 1.82) is 0 Å². The first-order chi connectivity index (χ1) is 19.0. The Morgan fingerprint density at radius 3 is 2.41 bits per heavy atom. The van der Waals surface area contributed by atoms with Crippen LogP contribution >= 0.6 is 0 Å². The number of aliphatic hydroxyl groups excluding tert-OH is 2. The van der Waals surface area contributed by atoms with E-state index in [0.29, 0.717) is 36.9 Å². The van der Waals surface area contributed by atoms with Gasteiger partial charge in [-0.3, -0.25) is 9.63 Å². The van der Waals surface area contributed by atoms with Crippen molar-refractivity contribution in [3.05, 3.63) is 12.2 Å². The number of nitrogens with zero attached hydrogens (tertiary/aromatic N) is 1. The van der Waals surface area contributed by atoms with Crippen LogP contribution in [0.25, 0.3) is 0 Å². The van der Waals surface area contributed by atoms with Gasteiger partial charge in [0, 0.05) is 25.0 Å². The third-order valence-corrected chi connectivity index (χ3v) is 10.9. The summed E-state index contributed by atoms with van der Waals surface area (Å²) < 4.78 is 0. The zero-order chi connectivity index (χ0) is 27.2. The Morgan fingerprint density at radius 2 is 1.69 bits per heavy atom. The molecule has 4 N–H and O–H groups in total. The highest BCUT2D eigenvalue weighted by molar-refractivity contribution is 5.82. The molecule has 2 saturated heterocycles. The number of allylic oxidation sites excluding steroid dienone is 2. The van der Waals surface area contributed by atoms with Crippen LogP contribution in [0.4, 0.5) is 0 Å². The number of hydrogen-bond donors (Lipinski definition) is 4. The first kappa shape index (κ1) is 29.5. The summed E-state index contributed by atoms with van der Waals surface area (Å²) in [5.74, 6) is 2.83. The Balaban J connectivity index is 1.12. The number of amides is 1. The summed E-state index contributed by atoms with van der Waals surface area (Å²) in [6, 6.07) is 0.115. The van der Waals surface area contributed by atoms with Gasteiger partial charge >= 0.3 is 0 Å². The van der Waals surface area contributed by atoms with Gasteiger partial charge in [0.15, 0.2) is 0 Å². The molecule has 39 heavy (non-hydrogen) atoms. The van der Waals surface area contributed by atoms with Gasteiger partial charge in [-0.05, 0) is 101 Å². The highest BCUT2D eigenvalue weighted by Gasteiger charge is 2.49. The van der Waals surface area contributed by atoms with E-state index in [9.17, 15) is 15.0 Å². The topological polar surface area (TPSA) is 94.1 Å². The van der Waals surface area contributed by atoms with E-state index in [4.69, 9.17) is 4.84 Å². The second kappa shape index (κ2) is 14.3. The average molecular weight is 546 g/mol. The fourth-order valence-electron chi connectivity index (χ4n) is 8.52. The maximum Gasteiger partial charge on any atom is 0.240 e. The molecule has 7 heteroatoms. The first-order valence-corrected chi connectivity index (χ1v) is 16.4. The summed E-state index contributed by atoms with van der Waals surface area (Å²) in [5, 5.41) is 29.4. The lowest BCUT2D eigenvalue weighted by Crippen LogP contribution is -2.49. The molecule has 2 aliphatic heterocycles. The van der Waals surface area contributed by atoms with Crippen molar-refractivity contribution in [2.24, 2.45) is 35.5 Å². The van der Waals surface area contributed by atoms with E-state index in [1.165, 1.54) is 70.6 Å². The zero-order valence-electron chi connectivity index (χ0n) is 24.3. The molecule has 0 spiro atoms. The number of aliphatic hydroxyl groups is 2. The maximum atomic E-state index is 13.5. The smallest absolute Gasteiger partial charge is 0.240 e. The Labute approximate surface area is 236 Å². The van der Waals surface area contributed by atoms with Gasteiger partial charge in [-0.25, -0.2) is 0 Å². The highest BCUT2D eigenvalue weighted by atomic mass is 16.7. The highest BCUT2D eigenvalue weighted by Crippen LogP contribution is 2.37. The number of rotatable bonds is 10. The number of nitrogens with one attached hydrogen (secondary N) is 2. The SMILES string of the molecule is C[C@H](O)[C@H]1ON(CC2CCC(/C=C/C3CCCCC3)CC2)C(C(=O)NCCC2CNC3CCCCC23)[C@H]1CO. The van der Waals surface area contributed by atoms with Gasteiger partial charge in [-0.15, -0.1) is 0 Å². The van der Waals surface area contributed by atoms with Crippen molar-refractivity contribution in [2.75, 3.05) is 26.2 Å². The van der Waals surface area contributed by atoms with Gasteiger partial charge in [0.2, 0.25) is 5.91 Å². The van der Waals surface area contributed by atoms with Crippen LogP contribution in [0.1, 0.15) is 96.8 Å². The van der Waals surface area contributed by atoms with Crippen LogP contribution in [0.5, 0.6) is 0 Å². The molecule has 0 bridgehead atoms. The van der Waals surface area contributed by atoms with Crippen molar-refractivity contribution in [2.45, 2.75) is 121 Å². The molecule has 7 nitrogen and oxygen atoms in total. The molecule has 7 atom stereocenters. The number of carbonyl (C=O) groups is 1. The minimum Gasteiger partial charge on any atom is -0.396 e. The van der Waals surface area contributed by atoms with Gasteiger partial charge in [0.05, 0.1) is 12.7 Å². The van der Waals surface area contributed by atoms with E-state index < -0.39 is 24.2 Å². The van der Waals surface area contributed by atoms with Crippen molar-refractivity contribution >= 4 is 5.91 Å². The van der Waals surface area contributed by atoms with Crippen LogP contribution in [0, 0.1) is 35.5 Å². The molecular weight excluding hydrogens is 490 g/mol. The van der Waals surface area contributed by atoms with E-state index >= 15 is 0 Å². The standard InChI is InChI=1S/C32H55N3O4/c1-22(37)31-28(21-36)30(32(38)33-18-17-26-19-34-29-10-6-5-9-27(26)29)35(39-31)20-25-15-13-24(14-16-25)12-11-23-7-3-2-4-8-23/h11-12,22-31,34,36-37H,2-10,13-21H2,1H3,(H,33,38)/b12-11+/t22-,24?,25?,26?,27?,28+,29?,30?,31+/m0/s1. The van der Waals surface area contributed by atoms with Gasteiger partial charge in [-0.1, -0.05) is 44.3 Å². The Bertz CT molecular complexity index is 792. The van der Waals surface area contributed by atoms with E-state index in [0.717, 1.165) is 37.6 Å². The van der Waals surface area contributed by atoms with E-state index in [1.807, 2.05) is 5.06 Å². The van der Waals surface area contributed by atoms with Gasteiger partial charge in [0.25, 0.3) is 0 Å². The van der Waals surface area contributed by atoms with Crippen LogP contribution in [0.3, 0.4) is 0 Å². The summed E-state index contributed by atoms with van der Waals surface area (Å²) in [6.45, 7) is 3.94. The van der Waals surface area contributed by atoms with Gasteiger partial charge < -0.3 is 20.8 Å². The Hall–Kier alpha value is -0.990. The van der Waals surface area contributed by atoms with Crippen LogP contribution < -0.4 is 10.6 Å². The number of carbonyl (C=O) groups excluding carboxylic acids is 1. The molecule has 5 rings (SSSR count). The summed E-state index contributed by atoms with van der Waals surface area (Å²) in [4.78, 5) is 19.7. The van der Waals surface area contributed by atoms with Crippen molar-refractivity contribution in [3.63, 3.8) is 0 Å². The summed E-state index contributed by atoms with van der Waals surface area (Å²) >= 11 is 0. The van der Waals surface area contributed by atoms with Crippen LogP contribution in [-0.2, 0) is 9.63 Å². The Kier molecular flexibility index (Phi) is 10.8. The van der Waals surface area contributed by atoms with Crippen molar-refractivity contribution < 1.29 is 19.8 Å². The molecular formula is C32H55N3O4. The summed E-state index contributed by atoms with van der Waals surface area (Å²) in [5.41, 5.74) is 0. The monoisotopic (exact) mass is 545 g/mol. The minimum atomic E-state index is -0.740. The van der Waals surface area contributed by atoms with E-state index in [1.54, 1.807) is 6.92 Å². The molecule has 0 aromatic heterocycles. The number of hydroxylamine groups is 2. The quantitative estimate of drug-likeness (QED) is 0.308. The van der Waals surface area contributed by atoms with Crippen LogP contribution in [0.15, 0.2) is 12.2 Å². The maximum absolute atomic E-state index is 13.5. The average Bonchev–Trinajstić information content (AvgIpc) is 3.54. The van der Waals surface area contributed by atoms with Gasteiger partial charge in [-0.2, -0.15) is 5.06 Å². The molecule has 2 heterocycles. The van der Waals surface area contributed by atoms with E-state index in [2.05, 4.69) is 22.8 Å².